The van der Waals surface area contributed by atoms with Gasteiger partial charge in [0.15, 0.2) is 9.84 Å². The highest BCUT2D eigenvalue weighted by Gasteiger charge is 2.26. The van der Waals surface area contributed by atoms with Gasteiger partial charge in [0.1, 0.15) is 5.75 Å². The Kier molecular flexibility index (Phi) is 4.62. The summed E-state index contributed by atoms with van der Waals surface area (Å²) in [5, 5.41) is 0. The molecule has 4 rings (SSSR count). The minimum absolute atomic E-state index is 0.0454. The number of hydrogen-bond acceptors (Lipinski definition) is 4. The van der Waals surface area contributed by atoms with Gasteiger partial charge in [-0.15, -0.1) is 0 Å². The fraction of sp³-hybridized carbons (Fsp3) is 0.476. The average Bonchev–Trinajstić information content (AvgIpc) is 3.36. The second-order valence-electron chi connectivity index (χ2n) is 7.59. The average molecular weight is 388 g/mol. The zero-order valence-corrected chi connectivity index (χ0v) is 16.6. The number of hydrogen-bond donors (Lipinski definition) is 0. The molecular weight excluding hydrogens is 362 g/mol. The van der Waals surface area contributed by atoms with E-state index in [4.69, 9.17) is 4.74 Å². The van der Waals surface area contributed by atoms with E-state index in [0.717, 1.165) is 41.5 Å². The molecule has 5 nitrogen and oxygen atoms in total. The zero-order valence-electron chi connectivity index (χ0n) is 15.8. The molecule has 2 aliphatic carbocycles. The van der Waals surface area contributed by atoms with Gasteiger partial charge in [0.2, 0.25) is 0 Å². The van der Waals surface area contributed by atoms with Crippen LogP contribution < -0.4 is 10.3 Å². The Morgan fingerprint density at radius 3 is 2.59 bits per heavy atom. The number of nitrogens with zero attached hydrogens (tertiary/aromatic N) is 1. The molecule has 1 fully saturated rings. The number of aromatic nitrogens is 1. The third-order valence-corrected chi connectivity index (χ3v) is 7.33. The van der Waals surface area contributed by atoms with Crippen LogP contribution >= 0.6 is 0 Å². The highest BCUT2D eigenvalue weighted by molar-refractivity contribution is 7.91. The monoisotopic (exact) mass is 387 g/mol. The maximum absolute atomic E-state index is 12.5. The predicted octanol–water partition coefficient (Wildman–Crippen LogP) is 3.12. The molecule has 2 aliphatic rings. The fourth-order valence-electron chi connectivity index (χ4n) is 3.75. The van der Waals surface area contributed by atoms with Crippen LogP contribution in [0.5, 0.6) is 5.75 Å². The first kappa shape index (κ1) is 18.3. The summed E-state index contributed by atoms with van der Waals surface area (Å²) in [4.78, 5) is 12.8. The Balaban J connectivity index is 1.89. The number of ether oxygens (including phenoxy) is 1. The second kappa shape index (κ2) is 6.82. The van der Waals surface area contributed by atoms with E-state index in [9.17, 15) is 13.2 Å². The van der Waals surface area contributed by atoms with Gasteiger partial charge in [-0.3, -0.25) is 4.79 Å². The molecule has 6 heteroatoms. The summed E-state index contributed by atoms with van der Waals surface area (Å²) in [6.07, 6.45) is 6.77. The number of fused-ring (bicyclic) bond motifs is 1. The van der Waals surface area contributed by atoms with Gasteiger partial charge in [-0.25, -0.2) is 8.42 Å². The fourth-order valence-corrected chi connectivity index (χ4v) is 4.66. The topological polar surface area (TPSA) is 65.4 Å². The molecule has 0 radical (unpaired) electrons. The summed E-state index contributed by atoms with van der Waals surface area (Å²) in [5.41, 5.74) is 3.64. The normalized spacial score (nSPS) is 16.4. The lowest BCUT2D eigenvalue weighted by atomic mass is 9.98. The first-order chi connectivity index (χ1) is 12.9. The molecular formula is C21H25NO4S. The van der Waals surface area contributed by atoms with Crippen molar-refractivity contribution < 1.29 is 13.2 Å². The molecule has 2 aromatic rings. The van der Waals surface area contributed by atoms with E-state index in [1.165, 1.54) is 12.8 Å². The van der Waals surface area contributed by atoms with Gasteiger partial charge in [-0.2, -0.15) is 0 Å². The molecule has 1 saturated carbocycles. The van der Waals surface area contributed by atoms with Crippen LogP contribution in [0.15, 0.2) is 34.1 Å². The van der Waals surface area contributed by atoms with Crippen molar-refractivity contribution in [3.05, 3.63) is 45.9 Å². The van der Waals surface area contributed by atoms with Gasteiger partial charge in [-0.05, 0) is 61.8 Å². The quantitative estimate of drug-likeness (QED) is 0.764. The van der Waals surface area contributed by atoms with Crippen molar-refractivity contribution in [2.45, 2.75) is 43.9 Å². The Hall–Kier alpha value is -2.08. The van der Waals surface area contributed by atoms with E-state index in [1.807, 2.05) is 6.20 Å². The van der Waals surface area contributed by atoms with E-state index >= 15 is 0 Å². The lowest BCUT2D eigenvalue weighted by Crippen LogP contribution is -2.21. The van der Waals surface area contributed by atoms with Crippen molar-refractivity contribution in [3.8, 4) is 16.9 Å². The number of aryl methyl sites for hydroxylation is 1. The Morgan fingerprint density at radius 1 is 1.15 bits per heavy atom. The number of rotatable bonds is 6. The maximum Gasteiger partial charge on any atom is 0.253 e. The van der Waals surface area contributed by atoms with Gasteiger partial charge in [0, 0.05) is 29.9 Å². The molecule has 144 valence electrons. The largest absolute Gasteiger partial charge is 0.493 e. The van der Waals surface area contributed by atoms with E-state index in [0.29, 0.717) is 23.2 Å². The van der Waals surface area contributed by atoms with Crippen molar-refractivity contribution in [3.63, 3.8) is 0 Å². The van der Waals surface area contributed by atoms with E-state index < -0.39 is 9.84 Å². The zero-order chi connectivity index (χ0) is 19.2. The summed E-state index contributed by atoms with van der Waals surface area (Å²) in [6, 6.07) is 5.12. The molecule has 0 aliphatic heterocycles. The smallest absolute Gasteiger partial charge is 0.253 e. The first-order valence-electron chi connectivity index (χ1n) is 9.62. The molecule has 27 heavy (non-hydrogen) atoms. The molecule has 0 spiro atoms. The predicted molar refractivity (Wildman–Crippen MR) is 105 cm³/mol. The van der Waals surface area contributed by atoms with Gasteiger partial charge >= 0.3 is 0 Å². The molecule has 0 bridgehead atoms. The van der Waals surface area contributed by atoms with Gasteiger partial charge in [-0.1, -0.05) is 6.92 Å². The van der Waals surface area contributed by atoms with Gasteiger partial charge in [0.25, 0.3) is 5.56 Å². The highest BCUT2D eigenvalue weighted by atomic mass is 32.2. The van der Waals surface area contributed by atoms with E-state index in [2.05, 4.69) is 0 Å². The van der Waals surface area contributed by atoms with Crippen molar-refractivity contribution in [1.29, 1.82) is 0 Å². The SMILES string of the molecule is CCS(=O)(=O)c1ccc(OCC2CC2)c(-c2cn(C)c(=O)c3c2CCC3)c1. The molecule has 1 heterocycles. The standard InChI is InChI=1S/C21H25NO4S/c1-3-27(24,25)15-9-10-20(26-13-14-7-8-14)18(11-15)19-12-22(2)21(23)17-6-4-5-16(17)19/h9-12,14H,3-8,13H2,1-2H3. The molecule has 0 unspecified atom stereocenters. The van der Waals surface area contributed by atoms with Crippen LogP contribution in [0.1, 0.15) is 37.3 Å². The maximum atomic E-state index is 12.5. The van der Waals surface area contributed by atoms with Crippen LogP contribution in [-0.4, -0.2) is 25.3 Å². The van der Waals surface area contributed by atoms with Crippen molar-refractivity contribution in [1.82, 2.24) is 4.57 Å². The van der Waals surface area contributed by atoms with Crippen molar-refractivity contribution in [2.24, 2.45) is 13.0 Å². The van der Waals surface area contributed by atoms with Gasteiger partial charge in [0.05, 0.1) is 17.3 Å². The molecule has 1 aromatic heterocycles. The lowest BCUT2D eigenvalue weighted by Gasteiger charge is -2.17. The van der Waals surface area contributed by atoms with Crippen LogP contribution in [0.3, 0.4) is 0 Å². The van der Waals surface area contributed by atoms with Gasteiger partial charge < -0.3 is 9.30 Å². The lowest BCUT2D eigenvalue weighted by molar-refractivity contribution is 0.301. The summed E-state index contributed by atoms with van der Waals surface area (Å²) in [6.45, 7) is 2.30. The van der Waals surface area contributed by atoms with E-state index in [-0.39, 0.29) is 11.3 Å². The van der Waals surface area contributed by atoms with Crippen LogP contribution in [0.4, 0.5) is 0 Å². The van der Waals surface area contributed by atoms with Crippen molar-refractivity contribution >= 4 is 9.84 Å². The number of benzene rings is 1. The van der Waals surface area contributed by atoms with Crippen LogP contribution in [0.25, 0.3) is 11.1 Å². The van der Waals surface area contributed by atoms with E-state index in [1.54, 1.807) is 36.7 Å². The Bertz CT molecular complexity index is 1050. The van der Waals surface area contributed by atoms with Crippen LogP contribution in [0, 0.1) is 5.92 Å². The highest BCUT2D eigenvalue weighted by Crippen LogP contribution is 2.39. The molecule has 0 N–H and O–H groups in total. The molecule has 0 atom stereocenters. The van der Waals surface area contributed by atoms with Crippen molar-refractivity contribution in [2.75, 3.05) is 12.4 Å². The Morgan fingerprint density at radius 2 is 1.89 bits per heavy atom. The van der Waals surface area contributed by atoms with Crippen LogP contribution in [-0.2, 0) is 29.7 Å². The summed E-state index contributed by atoms with van der Waals surface area (Å²) in [5.74, 6) is 1.35. The third kappa shape index (κ3) is 3.43. The minimum atomic E-state index is -3.32. The summed E-state index contributed by atoms with van der Waals surface area (Å²) < 4.78 is 32.5. The minimum Gasteiger partial charge on any atom is -0.493 e. The summed E-state index contributed by atoms with van der Waals surface area (Å²) >= 11 is 0. The molecule has 1 aromatic carbocycles. The number of sulfone groups is 1. The Labute approximate surface area is 159 Å². The number of pyridine rings is 1. The third-order valence-electron chi connectivity index (χ3n) is 5.60. The molecule has 0 amide bonds. The van der Waals surface area contributed by atoms with Crippen LogP contribution in [0.2, 0.25) is 0 Å². The summed E-state index contributed by atoms with van der Waals surface area (Å²) in [7, 11) is -1.57. The molecule has 0 saturated heterocycles. The second-order valence-corrected chi connectivity index (χ2v) is 9.86. The first-order valence-corrected chi connectivity index (χ1v) is 11.3.